The molecule has 0 fully saturated rings. The minimum absolute atomic E-state index is 0.133. The zero-order chi connectivity index (χ0) is 25.0. The van der Waals surface area contributed by atoms with Crippen molar-refractivity contribution in [3.05, 3.63) is 156 Å². The molecule has 1 amide bonds. The van der Waals surface area contributed by atoms with Crippen molar-refractivity contribution in [2.24, 2.45) is 0 Å². The summed E-state index contributed by atoms with van der Waals surface area (Å²) in [5.74, 6) is -0.133. The second-order valence-electron chi connectivity index (χ2n) is 9.16. The van der Waals surface area contributed by atoms with Gasteiger partial charge in [0.05, 0.1) is 5.54 Å². The third kappa shape index (κ3) is 4.30. The van der Waals surface area contributed by atoms with Crippen molar-refractivity contribution in [1.82, 2.24) is 5.32 Å². The average molecular weight is 472 g/mol. The van der Waals surface area contributed by atoms with Crippen LogP contribution in [0, 0.1) is 0 Å². The van der Waals surface area contributed by atoms with Gasteiger partial charge in [-0.25, -0.2) is 0 Å². The van der Waals surface area contributed by atoms with Gasteiger partial charge in [0.1, 0.15) is 5.60 Å². The second-order valence-corrected chi connectivity index (χ2v) is 9.16. The van der Waals surface area contributed by atoms with E-state index in [0.29, 0.717) is 5.56 Å². The lowest BCUT2D eigenvalue weighted by atomic mass is 9.69. The predicted octanol–water partition coefficient (Wildman–Crippen LogP) is 6.90. The Hall–Kier alpha value is -4.21. The van der Waals surface area contributed by atoms with Crippen molar-refractivity contribution < 1.29 is 9.53 Å². The maximum Gasteiger partial charge on any atom is 0.252 e. The lowest BCUT2D eigenvalue weighted by Crippen LogP contribution is -2.50. The standard InChI is InChI=1S/C33H29NO2/c1-32(34-31(35)27-19-11-5-12-20-27)29(25-15-7-3-8-16-25)23-33(36-2,28-21-13-6-14-22-28)24-30(32)26-17-9-4-10-18-26/h3-24H,1-2H3,(H,34,35). The molecule has 0 saturated heterocycles. The molecule has 5 rings (SSSR count). The predicted molar refractivity (Wildman–Crippen MR) is 146 cm³/mol. The topological polar surface area (TPSA) is 38.3 Å². The highest BCUT2D eigenvalue weighted by Crippen LogP contribution is 2.48. The lowest BCUT2D eigenvalue weighted by Gasteiger charge is -2.44. The number of hydrogen-bond donors (Lipinski definition) is 1. The van der Waals surface area contributed by atoms with Crippen molar-refractivity contribution in [2.75, 3.05) is 7.11 Å². The molecule has 1 aliphatic rings. The van der Waals surface area contributed by atoms with Crippen LogP contribution in [0.5, 0.6) is 0 Å². The fourth-order valence-corrected chi connectivity index (χ4v) is 5.01. The highest BCUT2D eigenvalue weighted by Gasteiger charge is 2.45. The molecule has 0 heterocycles. The van der Waals surface area contributed by atoms with Gasteiger partial charge in [0.15, 0.2) is 0 Å². The van der Waals surface area contributed by atoms with E-state index in [1.807, 2.05) is 84.9 Å². The third-order valence-electron chi connectivity index (χ3n) is 6.93. The van der Waals surface area contributed by atoms with E-state index >= 15 is 0 Å². The molecule has 0 radical (unpaired) electrons. The van der Waals surface area contributed by atoms with E-state index in [4.69, 9.17) is 4.74 Å². The van der Waals surface area contributed by atoms with Crippen molar-refractivity contribution in [3.63, 3.8) is 0 Å². The van der Waals surface area contributed by atoms with Crippen LogP contribution in [-0.2, 0) is 10.3 Å². The summed E-state index contributed by atoms with van der Waals surface area (Å²) in [6, 6.07) is 40.0. The van der Waals surface area contributed by atoms with Gasteiger partial charge in [-0.15, -0.1) is 0 Å². The molecule has 1 aliphatic carbocycles. The van der Waals surface area contributed by atoms with Crippen LogP contribution < -0.4 is 5.32 Å². The van der Waals surface area contributed by atoms with Crippen molar-refractivity contribution in [1.29, 1.82) is 0 Å². The van der Waals surface area contributed by atoms with E-state index < -0.39 is 11.1 Å². The highest BCUT2D eigenvalue weighted by molar-refractivity contribution is 6.02. The molecular weight excluding hydrogens is 442 g/mol. The number of benzene rings is 4. The van der Waals surface area contributed by atoms with Gasteiger partial charge < -0.3 is 10.1 Å². The van der Waals surface area contributed by atoms with Crippen LogP contribution >= 0.6 is 0 Å². The molecule has 0 aliphatic heterocycles. The lowest BCUT2D eigenvalue weighted by molar-refractivity contribution is 0.0708. The zero-order valence-electron chi connectivity index (χ0n) is 20.5. The van der Waals surface area contributed by atoms with Crippen LogP contribution in [0.1, 0.15) is 34.0 Å². The molecule has 0 atom stereocenters. The molecule has 0 spiro atoms. The first-order valence-corrected chi connectivity index (χ1v) is 12.1. The van der Waals surface area contributed by atoms with Gasteiger partial charge in [-0.2, -0.15) is 0 Å². The molecule has 0 unspecified atom stereocenters. The van der Waals surface area contributed by atoms with E-state index in [2.05, 4.69) is 60.8 Å². The summed E-state index contributed by atoms with van der Waals surface area (Å²) in [6.07, 6.45) is 4.30. The number of carbonyl (C=O) groups is 1. The van der Waals surface area contributed by atoms with Gasteiger partial charge in [0.25, 0.3) is 5.91 Å². The Morgan fingerprint density at radius 2 is 1.06 bits per heavy atom. The van der Waals surface area contributed by atoms with Gasteiger partial charge in [-0.1, -0.05) is 109 Å². The Morgan fingerprint density at radius 3 is 1.50 bits per heavy atom. The van der Waals surface area contributed by atoms with Crippen LogP contribution in [0.2, 0.25) is 0 Å². The maximum atomic E-state index is 13.6. The van der Waals surface area contributed by atoms with Crippen molar-refractivity contribution >= 4 is 17.1 Å². The number of ether oxygens (including phenoxy) is 1. The van der Waals surface area contributed by atoms with E-state index in [1.54, 1.807) is 7.11 Å². The Bertz CT molecular complexity index is 1330. The fourth-order valence-electron chi connectivity index (χ4n) is 5.01. The van der Waals surface area contributed by atoms with Crippen LogP contribution in [-0.4, -0.2) is 18.6 Å². The second kappa shape index (κ2) is 9.80. The zero-order valence-corrected chi connectivity index (χ0v) is 20.5. The Kier molecular flexibility index (Phi) is 6.41. The van der Waals surface area contributed by atoms with E-state index in [-0.39, 0.29) is 5.91 Å². The summed E-state index contributed by atoms with van der Waals surface area (Å²) in [5.41, 5.74) is 3.98. The minimum atomic E-state index is -0.827. The number of amides is 1. The normalized spacial score (nSPS) is 21.3. The van der Waals surface area contributed by atoms with Crippen molar-refractivity contribution in [2.45, 2.75) is 18.1 Å². The molecule has 1 N–H and O–H groups in total. The first-order valence-electron chi connectivity index (χ1n) is 12.1. The third-order valence-corrected chi connectivity index (χ3v) is 6.93. The average Bonchev–Trinajstić information content (AvgIpc) is 2.95. The molecule has 36 heavy (non-hydrogen) atoms. The first-order chi connectivity index (χ1) is 17.6. The van der Waals surface area contributed by atoms with Crippen LogP contribution in [0.15, 0.2) is 133 Å². The summed E-state index contributed by atoms with van der Waals surface area (Å²) < 4.78 is 6.29. The summed E-state index contributed by atoms with van der Waals surface area (Å²) in [4.78, 5) is 13.6. The molecule has 3 heteroatoms. The van der Waals surface area contributed by atoms with Crippen LogP contribution in [0.4, 0.5) is 0 Å². The van der Waals surface area contributed by atoms with Gasteiger partial charge in [0.2, 0.25) is 0 Å². The fraction of sp³-hybridized carbons (Fsp3) is 0.121. The van der Waals surface area contributed by atoms with Crippen molar-refractivity contribution in [3.8, 4) is 0 Å². The SMILES string of the molecule is COC1(c2ccccc2)C=C(c2ccccc2)C(C)(NC(=O)c2ccccc2)C(c2ccccc2)=C1. The maximum absolute atomic E-state index is 13.6. The Morgan fingerprint density at radius 1 is 0.639 bits per heavy atom. The highest BCUT2D eigenvalue weighted by atomic mass is 16.5. The summed E-state index contributed by atoms with van der Waals surface area (Å²) in [6.45, 7) is 2.08. The number of methoxy groups -OCH3 is 1. The number of hydrogen-bond acceptors (Lipinski definition) is 2. The molecule has 178 valence electrons. The molecule has 0 saturated carbocycles. The molecule has 4 aromatic rings. The summed E-state index contributed by atoms with van der Waals surface area (Å²) in [5, 5.41) is 3.39. The smallest absolute Gasteiger partial charge is 0.252 e. The molecule has 0 aromatic heterocycles. The Labute approximate surface area is 212 Å². The monoisotopic (exact) mass is 471 g/mol. The summed E-state index contributed by atoms with van der Waals surface area (Å²) >= 11 is 0. The van der Waals surface area contributed by atoms with Gasteiger partial charge in [-0.05, 0) is 59.0 Å². The molecule has 4 aromatic carbocycles. The van der Waals surface area contributed by atoms with E-state index in [1.165, 1.54) is 0 Å². The number of carbonyl (C=O) groups excluding carboxylic acids is 1. The number of rotatable bonds is 6. The van der Waals surface area contributed by atoms with Gasteiger partial charge in [-0.3, -0.25) is 4.79 Å². The first kappa shape index (κ1) is 23.5. The van der Waals surface area contributed by atoms with E-state index in [9.17, 15) is 4.79 Å². The molecule has 0 bridgehead atoms. The largest absolute Gasteiger partial charge is 0.365 e. The van der Waals surface area contributed by atoms with Crippen LogP contribution in [0.25, 0.3) is 11.1 Å². The summed E-state index contributed by atoms with van der Waals surface area (Å²) in [7, 11) is 1.73. The van der Waals surface area contributed by atoms with Gasteiger partial charge >= 0.3 is 0 Å². The molecule has 3 nitrogen and oxygen atoms in total. The number of nitrogens with one attached hydrogen (secondary N) is 1. The Balaban J connectivity index is 1.77. The minimum Gasteiger partial charge on any atom is -0.365 e. The van der Waals surface area contributed by atoms with E-state index in [0.717, 1.165) is 27.8 Å². The molecular formula is C33H29NO2. The van der Waals surface area contributed by atoms with Gasteiger partial charge in [0, 0.05) is 12.7 Å². The van der Waals surface area contributed by atoms with Crippen LogP contribution in [0.3, 0.4) is 0 Å². The quantitative estimate of drug-likeness (QED) is 0.332.